The highest BCUT2D eigenvalue weighted by Gasteiger charge is 2.19. The Morgan fingerprint density at radius 1 is 1.10 bits per heavy atom. The van der Waals surface area contributed by atoms with Crippen LogP contribution in [-0.4, -0.2) is 16.8 Å². The molecule has 3 rings (SSSR count). The number of hydrogen-bond acceptors (Lipinski definition) is 3. The van der Waals surface area contributed by atoms with Gasteiger partial charge in [-0.1, -0.05) is 18.2 Å². The number of hydrogen-bond donors (Lipinski definition) is 1. The van der Waals surface area contributed by atoms with Gasteiger partial charge in [-0.15, -0.1) is 11.8 Å². The average molecular weight is 284 g/mol. The topological polar surface area (TPSA) is 24.9 Å². The van der Waals surface area contributed by atoms with E-state index in [1.165, 1.54) is 29.0 Å². The minimum atomic E-state index is 0.780. The summed E-state index contributed by atoms with van der Waals surface area (Å²) in [4.78, 5) is 5.69. The molecule has 20 heavy (non-hydrogen) atoms. The van der Waals surface area contributed by atoms with Gasteiger partial charge in [0, 0.05) is 35.1 Å². The van der Waals surface area contributed by atoms with Gasteiger partial charge in [-0.25, -0.2) is 0 Å². The average Bonchev–Trinajstić information content (AvgIpc) is 3.32. The van der Waals surface area contributed by atoms with E-state index in [4.69, 9.17) is 0 Å². The Hall–Kier alpha value is -1.32. The summed E-state index contributed by atoms with van der Waals surface area (Å²) in [6.07, 6.45) is 5.58. The largest absolute Gasteiger partial charge is 0.310 e. The number of rotatable bonds is 7. The van der Waals surface area contributed by atoms with Gasteiger partial charge in [0.05, 0.1) is 0 Å². The standard InChI is InChI=1S/C17H20N2S/c1-2-11-18-15(3-1)10-12-20-17-8-4-14(5-9-17)13-19-16-6-7-16/h1-5,8-9,11,16,19H,6-7,10,12-13H2. The van der Waals surface area contributed by atoms with Crippen LogP contribution in [0.25, 0.3) is 0 Å². The Kier molecular flexibility index (Phi) is 4.72. The first kappa shape index (κ1) is 13.7. The van der Waals surface area contributed by atoms with Gasteiger partial charge in [0.15, 0.2) is 0 Å². The Balaban J connectivity index is 1.43. The minimum Gasteiger partial charge on any atom is -0.310 e. The summed E-state index contributed by atoms with van der Waals surface area (Å²) in [5.74, 6) is 1.08. The maximum atomic E-state index is 4.35. The zero-order chi connectivity index (χ0) is 13.6. The van der Waals surface area contributed by atoms with Crippen molar-refractivity contribution in [3.63, 3.8) is 0 Å². The van der Waals surface area contributed by atoms with Crippen LogP contribution in [0.3, 0.4) is 0 Å². The summed E-state index contributed by atoms with van der Waals surface area (Å²) in [5, 5.41) is 3.54. The first-order valence-electron chi connectivity index (χ1n) is 7.25. The van der Waals surface area contributed by atoms with Crippen LogP contribution in [0, 0.1) is 0 Å². The van der Waals surface area contributed by atoms with Gasteiger partial charge in [-0.05, 0) is 49.1 Å². The van der Waals surface area contributed by atoms with Crippen molar-refractivity contribution in [2.75, 3.05) is 5.75 Å². The normalized spacial score (nSPS) is 14.4. The number of aryl methyl sites for hydroxylation is 1. The lowest BCUT2D eigenvalue weighted by Gasteiger charge is -2.05. The third-order valence-electron chi connectivity index (χ3n) is 3.45. The van der Waals surface area contributed by atoms with Crippen LogP contribution in [0.4, 0.5) is 0 Å². The molecule has 1 heterocycles. The van der Waals surface area contributed by atoms with Crippen molar-refractivity contribution in [3.8, 4) is 0 Å². The molecule has 1 fully saturated rings. The number of nitrogens with zero attached hydrogens (tertiary/aromatic N) is 1. The Morgan fingerprint density at radius 3 is 2.65 bits per heavy atom. The van der Waals surface area contributed by atoms with Crippen LogP contribution in [-0.2, 0) is 13.0 Å². The predicted molar refractivity (Wildman–Crippen MR) is 85.0 cm³/mol. The quantitative estimate of drug-likeness (QED) is 0.785. The van der Waals surface area contributed by atoms with Crippen molar-refractivity contribution in [3.05, 3.63) is 59.9 Å². The molecule has 0 spiro atoms. The third-order valence-corrected chi connectivity index (χ3v) is 4.46. The molecule has 0 aliphatic heterocycles. The van der Waals surface area contributed by atoms with Crippen molar-refractivity contribution < 1.29 is 0 Å². The molecule has 0 unspecified atom stereocenters. The van der Waals surface area contributed by atoms with Gasteiger partial charge in [0.25, 0.3) is 0 Å². The van der Waals surface area contributed by atoms with E-state index in [-0.39, 0.29) is 0 Å². The Labute approximate surface area is 125 Å². The molecule has 0 radical (unpaired) electrons. The lowest BCUT2D eigenvalue weighted by atomic mass is 10.2. The molecule has 0 bridgehead atoms. The molecule has 2 aromatic rings. The summed E-state index contributed by atoms with van der Waals surface area (Å²) >= 11 is 1.90. The summed E-state index contributed by atoms with van der Waals surface area (Å²) in [6.45, 7) is 1.00. The van der Waals surface area contributed by atoms with E-state index < -0.39 is 0 Å². The molecule has 0 atom stereocenters. The van der Waals surface area contributed by atoms with Crippen molar-refractivity contribution in [1.82, 2.24) is 10.3 Å². The fraction of sp³-hybridized carbons (Fsp3) is 0.353. The maximum absolute atomic E-state index is 4.35. The number of nitrogens with one attached hydrogen (secondary N) is 1. The second kappa shape index (κ2) is 6.91. The summed E-state index contributed by atoms with van der Waals surface area (Å²) in [5.41, 5.74) is 2.55. The smallest absolute Gasteiger partial charge is 0.0411 e. The number of thioether (sulfide) groups is 1. The summed E-state index contributed by atoms with van der Waals surface area (Å²) in [7, 11) is 0. The van der Waals surface area contributed by atoms with Gasteiger partial charge in [0.2, 0.25) is 0 Å². The van der Waals surface area contributed by atoms with Crippen LogP contribution >= 0.6 is 11.8 Å². The highest BCUT2D eigenvalue weighted by molar-refractivity contribution is 7.99. The molecule has 1 aromatic carbocycles. The van der Waals surface area contributed by atoms with Crippen molar-refractivity contribution in [2.24, 2.45) is 0 Å². The monoisotopic (exact) mass is 284 g/mol. The molecule has 2 nitrogen and oxygen atoms in total. The number of benzene rings is 1. The van der Waals surface area contributed by atoms with E-state index in [1.807, 2.05) is 24.0 Å². The van der Waals surface area contributed by atoms with E-state index in [0.29, 0.717) is 0 Å². The molecule has 1 N–H and O–H groups in total. The van der Waals surface area contributed by atoms with Crippen LogP contribution in [0.1, 0.15) is 24.1 Å². The van der Waals surface area contributed by atoms with Crippen molar-refractivity contribution in [2.45, 2.75) is 36.7 Å². The van der Waals surface area contributed by atoms with Gasteiger partial charge < -0.3 is 5.32 Å². The van der Waals surface area contributed by atoms with Crippen LogP contribution in [0.5, 0.6) is 0 Å². The molecule has 1 aliphatic carbocycles. The number of pyridine rings is 1. The lowest BCUT2D eigenvalue weighted by molar-refractivity contribution is 0.687. The lowest BCUT2D eigenvalue weighted by Crippen LogP contribution is -2.14. The first-order chi connectivity index (χ1) is 9.90. The van der Waals surface area contributed by atoms with Crippen LogP contribution < -0.4 is 5.32 Å². The van der Waals surface area contributed by atoms with Gasteiger partial charge in [0.1, 0.15) is 0 Å². The maximum Gasteiger partial charge on any atom is 0.0411 e. The summed E-state index contributed by atoms with van der Waals surface area (Å²) < 4.78 is 0. The van der Waals surface area contributed by atoms with Gasteiger partial charge >= 0.3 is 0 Å². The van der Waals surface area contributed by atoms with Crippen molar-refractivity contribution >= 4 is 11.8 Å². The minimum absolute atomic E-state index is 0.780. The molecule has 0 amide bonds. The molecular formula is C17H20N2S. The van der Waals surface area contributed by atoms with E-state index in [2.05, 4.69) is 46.7 Å². The molecule has 0 saturated heterocycles. The molecule has 104 valence electrons. The van der Waals surface area contributed by atoms with E-state index in [1.54, 1.807) is 0 Å². The second-order valence-electron chi connectivity index (χ2n) is 5.22. The van der Waals surface area contributed by atoms with Crippen LogP contribution in [0.2, 0.25) is 0 Å². The van der Waals surface area contributed by atoms with Crippen LogP contribution in [0.15, 0.2) is 53.6 Å². The van der Waals surface area contributed by atoms with E-state index in [9.17, 15) is 0 Å². The zero-order valence-electron chi connectivity index (χ0n) is 11.6. The molecule has 1 aliphatic rings. The Bertz CT molecular complexity index is 520. The Morgan fingerprint density at radius 2 is 1.95 bits per heavy atom. The first-order valence-corrected chi connectivity index (χ1v) is 8.24. The van der Waals surface area contributed by atoms with E-state index >= 15 is 0 Å². The third kappa shape index (κ3) is 4.36. The SMILES string of the molecule is c1ccc(CCSc2ccc(CNC3CC3)cc2)nc1. The fourth-order valence-electron chi connectivity index (χ4n) is 2.07. The zero-order valence-corrected chi connectivity index (χ0v) is 12.4. The fourth-order valence-corrected chi connectivity index (χ4v) is 2.95. The molecular weight excluding hydrogens is 264 g/mol. The molecule has 1 aromatic heterocycles. The predicted octanol–water partition coefficient (Wildman–Crippen LogP) is 3.67. The van der Waals surface area contributed by atoms with Crippen molar-refractivity contribution in [1.29, 1.82) is 0 Å². The van der Waals surface area contributed by atoms with Gasteiger partial charge in [-0.3, -0.25) is 4.98 Å². The highest BCUT2D eigenvalue weighted by Crippen LogP contribution is 2.21. The molecule has 1 saturated carbocycles. The van der Waals surface area contributed by atoms with E-state index in [0.717, 1.165) is 24.8 Å². The highest BCUT2D eigenvalue weighted by atomic mass is 32.2. The van der Waals surface area contributed by atoms with Gasteiger partial charge in [-0.2, -0.15) is 0 Å². The molecule has 3 heteroatoms. The number of aromatic nitrogens is 1. The summed E-state index contributed by atoms with van der Waals surface area (Å²) in [6, 6.07) is 15.8. The second-order valence-corrected chi connectivity index (χ2v) is 6.39.